The predicted octanol–water partition coefficient (Wildman–Crippen LogP) is 1.42. The van der Waals surface area contributed by atoms with Crippen LogP contribution in [0.25, 0.3) is 0 Å². The highest BCUT2D eigenvalue weighted by Crippen LogP contribution is 2.22. The number of nitrogens with one attached hydrogen (secondary N) is 1. The Hall–Kier alpha value is -0.450. The molecule has 0 amide bonds. The average molecular weight is 256 g/mol. The Balaban J connectivity index is 2.20. The van der Waals surface area contributed by atoms with Crippen LogP contribution in [0.5, 0.6) is 0 Å². The van der Waals surface area contributed by atoms with Crippen molar-refractivity contribution in [2.24, 2.45) is 0 Å². The topological polar surface area (TPSA) is 28.2 Å². The summed E-state index contributed by atoms with van der Waals surface area (Å²) in [7, 11) is 2.16. The first-order valence-electron chi connectivity index (χ1n) is 4.79. The molecular weight excluding hydrogens is 242 g/mol. The Morgan fingerprint density at radius 3 is 3.14 bits per heavy atom. The summed E-state index contributed by atoms with van der Waals surface area (Å²) >= 11 is 3.45. The molecule has 1 aliphatic rings. The molecule has 1 N–H and O–H groups in total. The number of piperazine rings is 1. The van der Waals surface area contributed by atoms with Gasteiger partial charge in [0, 0.05) is 42.5 Å². The van der Waals surface area contributed by atoms with Crippen LogP contribution in [0.3, 0.4) is 0 Å². The van der Waals surface area contributed by atoms with Crippen molar-refractivity contribution in [2.45, 2.75) is 6.04 Å². The number of halogens is 1. The molecule has 2 heterocycles. The van der Waals surface area contributed by atoms with Crippen LogP contribution in [-0.2, 0) is 0 Å². The van der Waals surface area contributed by atoms with E-state index in [1.165, 1.54) is 5.56 Å². The van der Waals surface area contributed by atoms with E-state index in [2.05, 4.69) is 44.2 Å². The first-order chi connectivity index (χ1) is 6.77. The van der Waals surface area contributed by atoms with Gasteiger partial charge in [-0.3, -0.25) is 9.88 Å². The monoisotopic (exact) mass is 255 g/mol. The first-order valence-corrected chi connectivity index (χ1v) is 5.58. The van der Waals surface area contributed by atoms with Crippen LogP contribution in [-0.4, -0.2) is 36.6 Å². The molecule has 1 aromatic rings. The van der Waals surface area contributed by atoms with Crippen LogP contribution in [0, 0.1) is 0 Å². The van der Waals surface area contributed by atoms with E-state index >= 15 is 0 Å². The van der Waals surface area contributed by atoms with Crippen LogP contribution in [0.1, 0.15) is 11.6 Å². The molecule has 1 saturated heterocycles. The molecule has 0 aromatic carbocycles. The van der Waals surface area contributed by atoms with Crippen LogP contribution < -0.4 is 5.32 Å². The number of rotatable bonds is 1. The fraction of sp³-hybridized carbons (Fsp3) is 0.500. The smallest absolute Gasteiger partial charge is 0.0485 e. The van der Waals surface area contributed by atoms with Gasteiger partial charge in [-0.25, -0.2) is 0 Å². The molecular formula is C10H14BrN3. The molecule has 0 radical (unpaired) electrons. The molecule has 0 saturated carbocycles. The Labute approximate surface area is 92.6 Å². The summed E-state index contributed by atoms with van der Waals surface area (Å²) in [4.78, 5) is 6.55. The highest BCUT2D eigenvalue weighted by Gasteiger charge is 2.20. The maximum absolute atomic E-state index is 4.19. The standard InChI is InChI=1S/C10H14BrN3/c1-14-3-2-12-7-10(14)8-4-9(11)6-13-5-8/h4-6,10,12H,2-3,7H2,1H3. The van der Waals surface area contributed by atoms with E-state index < -0.39 is 0 Å². The SMILES string of the molecule is CN1CCNCC1c1cncc(Br)c1. The molecule has 2 rings (SSSR count). The number of nitrogens with zero attached hydrogens (tertiary/aromatic N) is 2. The fourth-order valence-electron chi connectivity index (χ4n) is 1.79. The highest BCUT2D eigenvalue weighted by molar-refractivity contribution is 9.10. The summed E-state index contributed by atoms with van der Waals surface area (Å²) in [6.45, 7) is 3.18. The van der Waals surface area contributed by atoms with E-state index in [1.807, 2.05) is 12.4 Å². The third-order valence-electron chi connectivity index (χ3n) is 2.62. The van der Waals surface area contributed by atoms with Crippen molar-refractivity contribution in [1.29, 1.82) is 0 Å². The lowest BCUT2D eigenvalue weighted by Gasteiger charge is -2.33. The lowest BCUT2D eigenvalue weighted by atomic mass is 10.1. The summed E-state index contributed by atoms with van der Waals surface area (Å²) in [5.74, 6) is 0. The Morgan fingerprint density at radius 1 is 1.57 bits per heavy atom. The maximum atomic E-state index is 4.19. The van der Waals surface area contributed by atoms with Gasteiger partial charge in [0.1, 0.15) is 0 Å². The van der Waals surface area contributed by atoms with E-state index in [0.717, 1.165) is 24.1 Å². The van der Waals surface area contributed by atoms with Gasteiger partial charge >= 0.3 is 0 Å². The minimum atomic E-state index is 0.453. The molecule has 76 valence electrons. The lowest BCUT2D eigenvalue weighted by Crippen LogP contribution is -2.43. The normalized spacial score (nSPS) is 23.7. The van der Waals surface area contributed by atoms with Crippen molar-refractivity contribution >= 4 is 15.9 Å². The minimum absolute atomic E-state index is 0.453. The zero-order chi connectivity index (χ0) is 9.97. The van der Waals surface area contributed by atoms with Gasteiger partial charge in [0.05, 0.1) is 0 Å². The Bertz CT molecular complexity index is 316. The summed E-state index contributed by atoms with van der Waals surface area (Å²) in [6.07, 6.45) is 3.76. The lowest BCUT2D eigenvalue weighted by molar-refractivity contribution is 0.202. The van der Waals surface area contributed by atoms with E-state index in [9.17, 15) is 0 Å². The Kier molecular flexibility index (Phi) is 3.15. The number of aromatic nitrogens is 1. The van der Waals surface area contributed by atoms with Crippen LogP contribution >= 0.6 is 15.9 Å². The highest BCUT2D eigenvalue weighted by atomic mass is 79.9. The quantitative estimate of drug-likeness (QED) is 0.823. The molecule has 1 aliphatic heterocycles. The summed E-state index contributed by atoms with van der Waals surface area (Å²) in [5, 5.41) is 3.40. The van der Waals surface area contributed by atoms with Crippen LogP contribution in [0.2, 0.25) is 0 Å². The van der Waals surface area contributed by atoms with Crippen molar-refractivity contribution in [1.82, 2.24) is 15.2 Å². The molecule has 4 heteroatoms. The second kappa shape index (κ2) is 4.38. The third kappa shape index (κ3) is 2.13. The summed E-state index contributed by atoms with van der Waals surface area (Å²) in [5.41, 5.74) is 1.27. The van der Waals surface area contributed by atoms with Gasteiger partial charge in [-0.15, -0.1) is 0 Å². The van der Waals surface area contributed by atoms with Crippen molar-refractivity contribution in [3.63, 3.8) is 0 Å². The molecule has 0 aliphatic carbocycles. The van der Waals surface area contributed by atoms with E-state index in [-0.39, 0.29) is 0 Å². The molecule has 1 unspecified atom stereocenters. The third-order valence-corrected chi connectivity index (χ3v) is 3.06. The minimum Gasteiger partial charge on any atom is -0.314 e. The van der Waals surface area contributed by atoms with Gasteiger partial charge in [-0.1, -0.05) is 0 Å². The van der Waals surface area contributed by atoms with Crippen LogP contribution in [0.4, 0.5) is 0 Å². The fourth-order valence-corrected chi connectivity index (χ4v) is 2.17. The summed E-state index contributed by atoms with van der Waals surface area (Å²) in [6, 6.07) is 2.59. The predicted molar refractivity (Wildman–Crippen MR) is 60.2 cm³/mol. The van der Waals surface area contributed by atoms with E-state index in [1.54, 1.807) is 0 Å². The molecule has 0 bridgehead atoms. The van der Waals surface area contributed by atoms with E-state index in [4.69, 9.17) is 0 Å². The van der Waals surface area contributed by atoms with Gasteiger partial charge in [-0.05, 0) is 34.6 Å². The number of hydrogen-bond donors (Lipinski definition) is 1. The zero-order valence-electron chi connectivity index (χ0n) is 8.20. The largest absolute Gasteiger partial charge is 0.314 e. The molecule has 0 spiro atoms. The van der Waals surface area contributed by atoms with Crippen molar-refractivity contribution < 1.29 is 0 Å². The molecule has 1 aromatic heterocycles. The Morgan fingerprint density at radius 2 is 2.43 bits per heavy atom. The average Bonchev–Trinajstić information content (AvgIpc) is 2.18. The van der Waals surface area contributed by atoms with Gasteiger partial charge in [0.25, 0.3) is 0 Å². The van der Waals surface area contributed by atoms with E-state index in [0.29, 0.717) is 6.04 Å². The number of pyridine rings is 1. The van der Waals surface area contributed by atoms with Gasteiger partial charge < -0.3 is 5.32 Å². The molecule has 14 heavy (non-hydrogen) atoms. The second-order valence-corrected chi connectivity index (χ2v) is 4.55. The number of likely N-dealkylation sites (N-methyl/N-ethyl adjacent to an activating group) is 1. The second-order valence-electron chi connectivity index (χ2n) is 3.64. The van der Waals surface area contributed by atoms with Crippen molar-refractivity contribution in [3.8, 4) is 0 Å². The number of hydrogen-bond acceptors (Lipinski definition) is 3. The molecule has 1 fully saturated rings. The maximum Gasteiger partial charge on any atom is 0.0485 e. The molecule has 1 atom stereocenters. The molecule has 3 nitrogen and oxygen atoms in total. The van der Waals surface area contributed by atoms with Crippen molar-refractivity contribution in [2.75, 3.05) is 26.7 Å². The first kappa shape index (κ1) is 10.1. The van der Waals surface area contributed by atoms with Gasteiger partial charge in [0.15, 0.2) is 0 Å². The van der Waals surface area contributed by atoms with Crippen molar-refractivity contribution in [3.05, 3.63) is 28.5 Å². The van der Waals surface area contributed by atoms with Crippen LogP contribution in [0.15, 0.2) is 22.9 Å². The van der Waals surface area contributed by atoms with Gasteiger partial charge in [-0.2, -0.15) is 0 Å². The summed E-state index contributed by atoms with van der Waals surface area (Å²) < 4.78 is 1.05. The van der Waals surface area contributed by atoms with Gasteiger partial charge in [0.2, 0.25) is 0 Å². The zero-order valence-corrected chi connectivity index (χ0v) is 9.79.